The molecular formula is C12H18FN3. The van der Waals surface area contributed by atoms with Crippen molar-refractivity contribution in [2.24, 2.45) is 5.73 Å². The number of alkyl halides is 1. The summed E-state index contributed by atoms with van der Waals surface area (Å²) >= 11 is 0. The molecule has 0 aromatic carbocycles. The molecule has 1 aromatic heterocycles. The molecule has 2 N–H and O–H groups in total. The van der Waals surface area contributed by atoms with Gasteiger partial charge in [0.15, 0.2) is 0 Å². The molecule has 1 saturated carbocycles. The van der Waals surface area contributed by atoms with E-state index >= 15 is 0 Å². The molecule has 1 fully saturated rings. The summed E-state index contributed by atoms with van der Waals surface area (Å²) in [4.78, 5) is 6.41. The molecule has 2 rings (SSSR count). The Morgan fingerprint density at radius 2 is 2.31 bits per heavy atom. The second kappa shape index (κ2) is 4.78. The highest BCUT2D eigenvalue weighted by molar-refractivity contribution is 5.39. The Labute approximate surface area is 95.5 Å². The number of hydrogen-bond donors (Lipinski definition) is 1. The van der Waals surface area contributed by atoms with Gasteiger partial charge in [-0.1, -0.05) is 6.07 Å². The fraction of sp³-hybridized carbons (Fsp3) is 0.583. The highest BCUT2D eigenvalue weighted by Crippen LogP contribution is 2.28. The normalized spacial score (nSPS) is 24.7. The molecule has 4 heteroatoms. The van der Waals surface area contributed by atoms with Crippen LogP contribution in [-0.4, -0.2) is 24.2 Å². The van der Waals surface area contributed by atoms with Gasteiger partial charge in [-0.25, -0.2) is 9.37 Å². The Morgan fingerprint density at radius 3 is 2.81 bits per heavy atom. The number of anilines is 1. The molecule has 88 valence electrons. The summed E-state index contributed by atoms with van der Waals surface area (Å²) in [7, 11) is 1.98. The molecule has 0 saturated heterocycles. The first-order valence-corrected chi connectivity index (χ1v) is 5.72. The number of pyridine rings is 1. The SMILES string of the molecule is CN(c1ccc(CN)cn1)[C@H]1CC[C@@H](F)C1. The standard InChI is InChI=1S/C12H18FN3/c1-16(11-4-3-10(13)6-11)12-5-2-9(7-14)8-15-12/h2,5,8,10-11H,3-4,6-7,14H2,1H3/t10-,11+/m1/s1. The molecule has 2 atom stereocenters. The molecule has 0 spiro atoms. The largest absolute Gasteiger partial charge is 0.357 e. The minimum Gasteiger partial charge on any atom is -0.357 e. The van der Waals surface area contributed by atoms with Gasteiger partial charge >= 0.3 is 0 Å². The lowest BCUT2D eigenvalue weighted by molar-refractivity contribution is 0.338. The zero-order valence-corrected chi connectivity index (χ0v) is 9.56. The van der Waals surface area contributed by atoms with Gasteiger partial charge in [-0.2, -0.15) is 0 Å². The van der Waals surface area contributed by atoms with Crippen LogP contribution in [0.3, 0.4) is 0 Å². The minimum absolute atomic E-state index is 0.284. The molecule has 0 aliphatic heterocycles. The predicted octanol–water partition coefficient (Wildman–Crippen LogP) is 1.87. The molecule has 3 nitrogen and oxygen atoms in total. The fourth-order valence-corrected chi connectivity index (χ4v) is 2.19. The Balaban J connectivity index is 2.05. The van der Waals surface area contributed by atoms with Gasteiger partial charge in [-0.15, -0.1) is 0 Å². The molecule has 0 amide bonds. The van der Waals surface area contributed by atoms with Crippen LogP contribution in [-0.2, 0) is 6.54 Å². The number of nitrogens with zero attached hydrogens (tertiary/aromatic N) is 2. The lowest BCUT2D eigenvalue weighted by Crippen LogP contribution is -2.30. The van der Waals surface area contributed by atoms with Gasteiger partial charge < -0.3 is 10.6 Å². The third kappa shape index (κ3) is 2.32. The molecular weight excluding hydrogens is 205 g/mol. The summed E-state index contributed by atoms with van der Waals surface area (Å²) in [5.41, 5.74) is 6.53. The van der Waals surface area contributed by atoms with E-state index in [0.717, 1.165) is 17.8 Å². The molecule has 0 unspecified atom stereocenters. The summed E-state index contributed by atoms with van der Waals surface area (Å²) in [5.74, 6) is 0.899. The first-order valence-electron chi connectivity index (χ1n) is 5.72. The average molecular weight is 223 g/mol. The maximum Gasteiger partial charge on any atom is 0.128 e. The van der Waals surface area contributed by atoms with Crippen LogP contribution in [0.2, 0.25) is 0 Å². The van der Waals surface area contributed by atoms with Gasteiger partial charge in [-0.05, 0) is 30.9 Å². The topological polar surface area (TPSA) is 42.1 Å². The second-order valence-electron chi connectivity index (χ2n) is 4.40. The van der Waals surface area contributed by atoms with E-state index in [4.69, 9.17) is 5.73 Å². The van der Waals surface area contributed by atoms with Gasteiger partial charge in [0, 0.05) is 25.8 Å². The molecule has 0 radical (unpaired) electrons. The summed E-state index contributed by atoms with van der Waals surface area (Å²) in [6.45, 7) is 0.507. The van der Waals surface area contributed by atoms with Crippen LogP contribution in [0.25, 0.3) is 0 Å². The van der Waals surface area contributed by atoms with Crippen molar-refractivity contribution in [3.63, 3.8) is 0 Å². The molecule has 1 heterocycles. The Bertz CT molecular complexity index is 339. The molecule has 1 aromatic rings. The smallest absolute Gasteiger partial charge is 0.128 e. The van der Waals surface area contributed by atoms with Gasteiger partial charge in [-0.3, -0.25) is 0 Å². The van der Waals surface area contributed by atoms with Crippen molar-refractivity contribution in [2.45, 2.75) is 38.0 Å². The van der Waals surface area contributed by atoms with E-state index < -0.39 is 6.17 Å². The first kappa shape index (κ1) is 11.3. The zero-order valence-electron chi connectivity index (χ0n) is 9.56. The van der Waals surface area contributed by atoms with E-state index in [1.807, 2.05) is 19.2 Å². The van der Waals surface area contributed by atoms with Crippen LogP contribution in [0.15, 0.2) is 18.3 Å². The third-order valence-corrected chi connectivity index (χ3v) is 3.29. The number of halogens is 1. The van der Waals surface area contributed by atoms with Crippen molar-refractivity contribution in [1.29, 1.82) is 0 Å². The number of rotatable bonds is 3. The highest BCUT2D eigenvalue weighted by Gasteiger charge is 2.27. The summed E-state index contributed by atoms with van der Waals surface area (Å²) in [5, 5.41) is 0. The fourth-order valence-electron chi connectivity index (χ4n) is 2.19. The lowest BCUT2D eigenvalue weighted by atomic mass is 10.2. The van der Waals surface area contributed by atoms with Gasteiger partial charge in [0.2, 0.25) is 0 Å². The number of aromatic nitrogens is 1. The maximum atomic E-state index is 13.1. The van der Waals surface area contributed by atoms with Crippen LogP contribution in [0.4, 0.5) is 10.2 Å². The van der Waals surface area contributed by atoms with Gasteiger partial charge in [0.25, 0.3) is 0 Å². The van der Waals surface area contributed by atoms with E-state index in [2.05, 4.69) is 9.88 Å². The Kier molecular flexibility index (Phi) is 3.39. The lowest BCUT2D eigenvalue weighted by Gasteiger charge is -2.25. The first-order chi connectivity index (χ1) is 7.70. The van der Waals surface area contributed by atoms with E-state index in [-0.39, 0.29) is 6.04 Å². The van der Waals surface area contributed by atoms with Gasteiger partial charge in [0.05, 0.1) is 0 Å². The van der Waals surface area contributed by atoms with Crippen LogP contribution in [0.5, 0.6) is 0 Å². The highest BCUT2D eigenvalue weighted by atomic mass is 19.1. The van der Waals surface area contributed by atoms with Crippen molar-refractivity contribution >= 4 is 5.82 Å². The Hall–Kier alpha value is -1.16. The predicted molar refractivity (Wildman–Crippen MR) is 63.1 cm³/mol. The maximum absolute atomic E-state index is 13.1. The Morgan fingerprint density at radius 1 is 1.50 bits per heavy atom. The number of nitrogens with two attached hydrogens (primary N) is 1. The molecule has 1 aliphatic carbocycles. The quantitative estimate of drug-likeness (QED) is 0.850. The van der Waals surface area contributed by atoms with Crippen LogP contribution in [0.1, 0.15) is 24.8 Å². The van der Waals surface area contributed by atoms with Crippen molar-refractivity contribution < 1.29 is 4.39 Å². The van der Waals surface area contributed by atoms with Crippen molar-refractivity contribution in [1.82, 2.24) is 4.98 Å². The van der Waals surface area contributed by atoms with E-state index in [0.29, 0.717) is 19.4 Å². The van der Waals surface area contributed by atoms with E-state index in [1.54, 1.807) is 6.20 Å². The van der Waals surface area contributed by atoms with E-state index in [9.17, 15) is 4.39 Å². The van der Waals surface area contributed by atoms with Crippen LogP contribution < -0.4 is 10.6 Å². The van der Waals surface area contributed by atoms with Crippen molar-refractivity contribution in [3.05, 3.63) is 23.9 Å². The second-order valence-corrected chi connectivity index (χ2v) is 4.40. The average Bonchev–Trinajstić information content (AvgIpc) is 2.75. The van der Waals surface area contributed by atoms with Gasteiger partial charge in [0.1, 0.15) is 12.0 Å². The summed E-state index contributed by atoms with van der Waals surface area (Å²) in [6, 6.07) is 4.21. The molecule has 1 aliphatic rings. The van der Waals surface area contributed by atoms with Crippen LogP contribution in [0, 0.1) is 0 Å². The number of hydrogen-bond acceptors (Lipinski definition) is 3. The third-order valence-electron chi connectivity index (χ3n) is 3.29. The molecule has 16 heavy (non-hydrogen) atoms. The van der Waals surface area contributed by atoms with E-state index in [1.165, 1.54) is 0 Å². The van der Waals surface area contributed by atoms with Crippen LogP contribution >= 0.6 is 0 Å². The summed E-state index contributed by atoms with van der Waals surface area (Å²) in [6.07, 6.45) is 3.36. The van der Waals surface area contributed by atoms with Crippen molar-refractivity contribution in [2.75, 3.05) is 11.9 Å². The minimum atomic E-state index is -0.643. The monoisotopic (exact) mass is 223 g/mol. The zero-order chi connectivity index (χ0) is 11.5. The molecule has 0 bridgehead atoms. The summed E-state index contributed by atoms with van der Waals surface area (Å²) < 4.78 is 13.1. The van der Waals surface area contributed by atoms with Crippen molar-refractivity contribution in [3.8, 4) is 0 Å².